The molecule has 0 bridgehead atoms. The third-order valence-electron chi connectivity index (χ3n) is 15.1. The summed E-state index contributed by atoms with van der Waals surface area (Å²) in [5.74, 6) is -3.67. The molecule has 2 aromatic rings. The van der Waals surface area contributed by atoms with Crippen LogP contribution in [0, 0.1) is 23.7 Å². The molecule has 7 amide bonds. The average molecular weight is 1080 g/mol. The van der Waals surface area contributed by atoms with Crippen LogP contribution in [0.15, 0.2) is 60.7 Å². The van der Waals surface area contributed by atoms with E-state index in [9.17, 15) is 38.4 Å². The van der Waals surface area contributed by atoms with Crippen molar-refractivity contribution in [3.63, 3.8) is 0 Å². The number of unbranched alkanes of at least 4 members (excludes halogenated alkanes) is 2. The number of rotatable bonds is 31. The lowest BCUT2D eigenvalue weighted by Crippen LogP contribution is -2.60. The minimum atomic E-state index is -1.05. The number of imide groups is 1. The van der Waals surface area contributed by atoms with Gasteiger partial charge in [-0.25, -0.2) is 4.79 Å². The number of methoxy groups -OCH3 is 4. The van der Waals surface area contributed by atoms with Crippen LogP contribution in [0.2, 0.25) is 0 Å². The number of ether oxygens (including phenoxy) is 5. The molecule has 1 fully saturated rings. The van der Waals surface area contributed by atoms with Gasteiger partial charge in [-0.3, -0.25) is 38.5 Å². The molecule has 2 aromatic carbocycles. The van der Waals surface area contributed by atoms with Gasteiger partial charge in [-0.2, -0.15) is 0 Å². The second-order valence-corrected chi connectivity index (χ2v) is 21.0. The Bertz CT molecular complexity index is 2330. The van der Waals surface area contributed by atoms with E-state index in [-0.39, 0.29) is 79.7 Å². The number of carbonyl (C=O) groups is 8. The molecule has 2 aliphatic rings. The quantitative estimate of drug-likeness (QED) is 0.0542. The summed E-state index contributed by atoms with van der Waals surface area (Å²) in [7, 11) is 9.31. The van der Waals surface area contributed by atoms with Crippen LogP contribution in [0.1, 0.15) is 111 Å². The Balaban J connectivity index is 1.45. The molecule has 0 spiro atoms. The van der Waals surface area contributed by atoms with E-state index in [1.807, 2.05) is 71.9 Å². The molecular formula is C58H86N6O13. The molecular weight excluding hydrogens is 989 g/mol. The van der Waals surface area contributed by atoms with Crippen molar-refractivity contribution in [3.8, 4) is 11.5 Å². The second-order valence-electron chi connectivity index (χ2n) is 21.0. The van der Waals surface area contributed by atoms with Gasteiger partial charge in [0.25, 0.3) is 11.8 Å². The maximum absolute atomic E-state index is 14.7. The van der Waals surface area contributed by atoms with Crippen LogP contribution < -0.4 is 20.1 Å². The van der Waals surface area contributed by atoms with Gasteiger partial charge in [-0.15, -0.1) is 0 Å². The van der Waals surface area contributed by atoms with Crippen molar-refractivity contribution in [2.75, 3.05) is 55.6 Å². The molecule has 2 heterocycles. The first kappa shape index (κ1) is 63.2. The Morgan fingerprint density at radius 1 is 0.779 bits per heavy atom. The fraction of sp³-hybridized carbons (Fsp3) is 0.621. The molecule has 0 saturated carbocycles. The molecule has 426 valence electrons. The topological polar surface area (TPSA) is 220 Å². The van der Waals surface area contributed by atoms with Gasteiger partial charge in [0.2, 0.25) is 29.5 Å². The predicted molar refractivity (Wildman–Crippen MR) is 290 cm³/mol. The molecule has 0 radical (unpaired) electrons. The molecule has 19 heteroatoms. The van der Waals surface area contributed by atoms with Crippen molar-refractivity contribution >= 4 is 47.3 Å². The van der Waals surface area contributed by atoms with E-state index >= 15 is 0 Å². The number of likely N-dealkylation sites (tertiary alicyclic amines) is 1. The Morgan fingerprint density at radius 3 is 2.04 bits per heavy atom. The van der Waals surface area contributed by atoms with Crippen LogP contribution in [0.3, 0.4) is 0 Å². The van der Waals surface area contributed by atoms with E-state index in [4.69, 9.17) is 23.7 Å². The number of esters is 1. The van der Waals surface area contributed by atoms with E-state index in [0.717, 1.165) is 5.56 Å². The van der Waals surface area contributed by atoms with Crippen LogP contribution >= 0.6 is 0 Å². The third-order valence-corrected chi connectivity index (χ3v) is 15.1. The van der Waals surface area contributed by atoms with E-state index in [1.54, 1.807) is 56.1 Å². The van der Waals surface area contributed by atoms with Crippen molar-refractivity contribution in [2.24, 2.45) is 23.7 Å². The number of amides is 7. The van der Waals surface area contributed by atoms with Gasteiger partial charge in [0.1, 0.15) is 36.2 Å². The zero-order valence-electron chi connectivity index (χ0n) is 47.7. The lowest BCUT2D eigenvalue weighted by molar-refractivity contribution is -0.151. The van der Waals surface area contributed by atoms with Gasteiger partial charge in [-0.05, 0) is 61.1 Å². The van der Waals surface area contributed by atoms with Gasteiger partial charge in [0.15, 0.2) is 0 Å². The summed E-state index contributed by atoms with van der Waals surface area (Å²) in [4.78, 5) is 115. The van der Waals surface area contributed by atoms with Crippen LogP contribution in [-0.2, 0) is 65.6 Å². The number of likely N-dealkylation sites (N-methyl/N-ethyl adjacent to an activating group) is 2. The third kappa shape index (κ3) is 17.1. The van der Waals surface area contributed by atoms with Gasteiger partial charge in [0, 0.05) is 78.0 Å². The largest absolute Gasteiger partial charge is 0.497 e. The van der Waals surface area contributed by atoms with E-state index in [1.165, 1.54) is 43.3 Å². The second kappa shape index (κ2) is 30.6. The van der Waals surface area contributed by atoms with Crippen molar-refractivity contribution < 1.29 is 62.0 Å². The van der Waals surface area contributed by atoms with Crippen LogP contribution in [0.5, 0.6) is 11.5 Å². The fourth-order valence-corrected chi connectivity index (χ4v) is 10.5. The molecule has 4 rings (SSSR count). The number of nitrogens with zero attached hydrogens (tertiary/aromatic N) is 4. The van der Waals surface area contributed by atoms with Crippen molar-refractivity contribution in [1.82, 2.24) is 30.2 Å². The lowest BCUT2D eigenvalue weighted by Gasteiger charge is -2.41. The normalized spacial score (nSPS) is 17.5. The zero-order chi connectivity index (χ0) is 57.1. The molecule has 19 nitrogen and oxygen atoms in total. The number of hydrogen-bond acceptors (Lipinski definition) is 13. The van der Waals surface area contributed by atoms with Crippen molar-refractivity contribution in [1.29, 1.82) is 0 Å². The summed E-state index contributed by atoms with van der Waals surface area (Å²) in [6.07, 6.45) is 4.70. The number of carbonyl (C=O) groups excluding carboxylic acids is 8. The average Bonchev–Trinajstić information content (AvgIpc) is 4.04. The molecule has 0 aromatic heterocycles. The summed E-state index contributed by atoms with van der Waals surface area (Å²) >= 11 is 0. The minimum absolute atomic E-state index is 0.0899. The Labute approximate surface area is 456 Å². The molecule has 3 unspecified atom stereocenters. The maximum atomic E-state index is 14.7. The highest BCUT2D eigenvalue weighted by Gasteiger charge is 2.44. The van der Waals surface area contributed by atoms with Gasteiger partial charge in [0.05, 0.1) is 50.8 Å². The number of hydrogen-bond donors (Lipinski definition) is 2. The summed E-state index contributed by atoms with van der Waals surface area (Å²) in [6.45, 7) is 13.6. The lowest BCUT2D eigenvalue weighted by atomic mass is 9.89. The fourth-order valence-electron chi connectivity index (χ4n) is 10.5. The van der Waals surface area contributed by atoms with Gasteiger partial charge < -0.3 is 49.0 Å². The Hall–Kier alpha value is -6.34. The van der Waals surface area contributed by atoms with E-state index in [0.29, 0.717) is 62.1 Å². The monoisotopic (exact) mass is 1070 g/mol. The van der Waals surface area contributed by atoms with Crippen molar-refractivity contribution in [2.45, 2.75) is 155 Å². The number of benzene rings is 2. The van der Waals surface area contributed by atoms with Crippen LogP contribution in [0.25, 0.3) is 0 Å². The predicted octanol–water partition coefficient (Wildman–Crippen LogP) is 5.50. The van der Waals surface area contributed by atoms with E-state index in [2.05, 4.69) is 10.6 Å². The summed E-state index contributed by atoms with van der Waals surface area (Å²) in [5, 5.41) is 5.92. The van der Waals surface area contributed by atoms with Gasteiger partial charge in [-0.1, -0.05) is 91.6 Å². The van der Waals surface area contributed by atoms with Crippen molar-refractivity contribution in [3.05, 3.63) is 71.8 Å². The first-order valence-electron chi connectivity index (χ1n) is 27.1. The highest BCUT2D eigenvalue weighted by atomic mass is 16.5. The maximum Gasteiger partial charge on any atom is 0.329 e. The SMILES string of the molecule is CCC(C)[C@@H]([C@@H](CC(=O)N1CCCC1[C@H](OC)[C@@H](C)C(=O)N[C@@H](Cc1ccccc1)C(=O)OCc1ccc(OC)cc1OC)OC)N(C)C(=O)[C@@H](NC(=O)C(C(C)C)N(C)C(=O)CCCCCN1C(=O)C=CC1=O)C(C)C. The molecule has 2 N–H and O–H groups in total. The minimum Gasteiger partial charge on any atom is -0.497 e. The number of nitrogens with one attached hydrogen (secondary N) is 2. The molecule has 77 heavy (non-hydrogen) atoms. The summed E-state index contributed by atoms with van der Waals surface area (Å²) < 4.78 is 28.7. The molecule has 2 aliphatic heterocycles. The Kier molecular flexibility index (Phi) is 25.1. The molecule has 9 atom stereocenters. The highest BCUT2D eigenvalue weighted by molar-refractivity contribution is 6.12. The van der Waals surface area contributed by atoms with Crippen LogP contribution in [-0.4, -0.2) is 165 Å². The summed E-state index contributed by atoms with van der Waals surface area (Å²) in [6, 6.07) is 10.5. The first-order chi connectivity index (χ1) is 36.6. The van der Waals surface area contributed by atoms with E-state index < -0.39 is 66.1 Å². The first-order valence-corrected chi connectivity index (χ1v) is 27.1. The smallest absolute Gasteiger partial charge is 0.329 e. The standard InChI is InChI=1S/C58H86N6O13/c1-14-38(6)53(62(9)57(71)51(36(2)3)60-56(70)52(37(4)5)61(8)47(65)25-19-16-20-30-64-48(66)28-29-49(64)67)46(75-12)34-50(68)63-31-21-24-44(63)54(76-13)39(7)55(69)59-43(32-40-22-17-15-18-23-40)58(72)77-35-41-26-27-42(73-10)33-45(41)74-11/h15,17-18,22-23,26-29,33,36-39,43-44,46,51-54H,14,16,19-21,24-25,30-32,34-35H2,1-13H3,(H,59,69)(H,60,70)/t38?,39-,43+,44?,46-,51+,52?,53+,54-/m1/s1. The molecule has 1 saturated heterocycles. The van der Waals surface area contributed by atoms with Crippen LogP contribution in [0.4, 0.5) is 0 Å². The van der Waals surface area contributed by atoms with Gasteiger partial charge >= 0.3 is 5.97 Å². The summed E-state index contributed by atoms with van der Waals surface area (Å²) in [5.41, 5.74) is 1.42. The zero-order valence-corrected chi connectivity index (χ0v) is 47.7. The Morgan fingerprint density at radius 2 is 1.45 bits per heavy atom. The molecule has 0 aliphatic carbocycles. The highest BCUT2D eigenvalue weighted by Crippen LogP contribution is 2.31.